The van der Waals surface area contributed by atoms with Gasteiger partial charge in [-0.15, -0.1) is 11.3 Å². The third-order valence-corrected chi connectivity index (χ3v) is 8.18. The van der Waals surface area contributed by atoms with Gasteiger partial charge in [0.05, 0.1) is 15.7 Å². The second-order valence-electron chi connectivity index (χ2n) is 8.78. The largest absolute Gasteiger partial charge is 0.292 e. The molecule has 3 heteroatoms. The van der Waals surface area contributed by atoms with Gasteiger partial charge in [0, 0.05) is 32.4 Å². The van der Waals surface area contributed by atoms with E-state index >= 15 is 0 Å². The summed E-state index contributed by atoms with van der Waals surface area (Å²) < 4.78 is 5.00. The smallest absolute Gasteiger partial charge is 0.137 e. The third kappa shape index (κ3) is 2.27. The van der Waals surface area contributed by atoms with Gasteiger partial charge in [-0.05, 0) is 45.8 Å². The van der Waals surface area contributed by atoms with E-state index in [0.29, 0.717) is 0 Å². The summed E-state index contributed by atoms with van der Waals surface area (Å²) in [6, 6.07) is 37.1. The maximum atomic E-state index is 4.78. The van der Waals surface area contributed by atoms with Crippen LogP contribution in [-0.2, 0) is 0 Å². The van der Waals surface area contributed by atoms with E-state index in [1.165, 1.54) is 63.5 Å². The number of para-hydroxylation sites is 1. The van der Waals surface area contributed by atoms with Crippen LogP contribution in [0.25, 0.3) is 69.3 Å². The van der Waals surface area contributed by atoms with Crippen LogP contribution in [0.2, 0.25) is 0 Å². The molecule has 8 rings (SSSR count). The van der Waals surface area contributed by atoms with Gasteiger partial charge in [-0.2, -0.15) is 0 Å². The highest BCUT2D eigenvalue weighted by Gasteiger charge is 2.22. The van der Waals surface area contributed by atoms with Crippen molar-refractivity contribution in [1.29, 1.82) is 0 Å². The average molecular weight is 451 g/mol. The molecule has 0 fully saturated rings. The maximum Gasteiger partial charge on any atom is 0.137 e. The van der Waals surface area contributed by atoms with Gasteiger partial charge in [0.2, 0.25) is 0 Å². The summed E-state index contributed by atoms with van der Waals surface area (Å²) >= 11 is 1.90. The highest BCUT2D eigenvalue weighted by atomic mass is 32.1. The Kier molecular flexibility index (Phi) is 3.57. The van der Waals surface area contributed by atoms with Crippen molar-refractivity contribution in [3.63, 3.8) is 0 Å². The fraction of sp³-hybridized carbons (Fsp3) is 0. The monoisotopic (exact) mass is 450 g/mol. The number of nitrogens with zero attached hydrogens (tertiary/aromatic N) is 2. The van der Waals surface area contributed by atoms with Gasteiger partial charge in [0.1, 0.15) is 5.82 Å². The summed E-state index contributed by atoms with van der Waals surface area (Å²) in [7, 11) is 0. The van der Waals surface area contributed by atoms with E-state index in [2.05, 4.69) is 102 Å². The first-order valence-electron chi connectivity index (χ1n) is 11.5. The number of thiophene rings is 1. The molecule has 3 aromatic heterocycles. The normalized spacial score (nSPS) is 12.1. The summed E-state index contributed by atoms with van der Waals surface area (Å²) in [6.07, 6.45) is 1.88. The zero-order valence-electron chi connectivity index (χ0n) is 18.2. The molecule has 0 spiro atoms. The zero-order chi connectivity index (χ0) is 22.2. The molecule has 0 aliphatic heterocycles. The minimum atomic E-state index is 0.951. The van der Waals surface area contributed by atoms with E-state index in [4.69, 9.17) is 4.98 Å². The van der Waals surface area contributed by atoms with E-state index < -0.39 is 0 Å². The second-order valence-corrected chi connectivity index (χ2v) is 9.83. The molecule has 2 nitrogen and oxygen atoms in total. The Balaban J connectivity index is 1.76. The third-order valence-electron chi connectivity index (χ3n) is 7.01. The van der Waals surface area contributed by atoms with Gasteiger partial charge in [0.25, 0.3) is 0 Å². The van der Waals surface area contributed by atoms with Gasteiger partial charge in [-0.3, -0.25) is 4.57 Å². The fourth-order valence-electron chi connectivity index (χ4n) is 5.66. The molecule has 0 amide bonds. The van der Waals surface area contributed by atoms with E-state index in [1.54, 1.807) is 0 Å². The number of aromatic nitrogens is 2. The molecule has 34 heavy (non-hydrogen) atoms. The highest BCUT2D eigenvalue weighted by Crippen LogP contribution is 2.49. The molecule has 0 saturated carbocycles. The van der Waals surface area contributed by atoms with E-state index in [-0.39, 0.29) is 0 Å². The lowest BCUT2D eigenvalue weighted by Crippen LogP contribution is -1.96. The molecular formula is C31H18N2S. The number of rotatable bonds is 1. The Bertz CT molecular complexity index is 2060. The molecule has 0 aliphatic carbocycles. The number of hydrogen-bond acceptors (Lipinski definition) is 2. The lowest BCUT2D eigenvalue weighted by molar-refractivity contribution is 1.08. The zero-order valence-corrected chi connectivity index (χ0v) is 19.0. The Morgan fingerprint density at radius 1 is 0.559 bits per heavy atom. The number of pyridine rings is 1. The Morgan fingerprint density at radius 2 is 1.26 bits per heavy atom. The minimum absolute atomic E-state index is 0.951. The molecule has 0 bridgehead atoms. The molecule has 0 aliphatic rings. The molecule has 0 radical (unpaired) electrons. The lowest BCUT2D eigenvalue weighted by atomic mass is 9.97. The van der Waals surface area contributed by atoms with Gasteiger partial charge in [0.15, 0.2) is 0 Å². The quantitative estimate of drug-likeness (QED) is 0.244. The van der Waals surface area contributed by atoms with Crippen molar-refractivity contribution in [2.45, 2.75) is 0 Å². The van der Waals surface area contributed by atoms with E-state index in [1.807, 2.05) is 23.6 Å². The summed E-state index contributed by atoms with van der Waals surface area (Å²) in [4.78, 5) is 4.78. The van der Waals surface area contributed by atoms with Crippen molar-refractivity contribution >= 4 is 74.9 Å². The van der Waals surface area contributed by atoms with Gasteiger partial charge >= 0.3 is 0 Å². The topological polar surface area (TPSA) is 17.8 Å². The van der Waals surface area contributed by atoms with E-state index in [0.717, 1.165) is 5.82 Å². The predicted molar refractivity (Wildman–Crippen MR) is 146 cm³/mol. The second kappa shape index (κ2) is 6.66. The SMILES string of the molecule is c1ccc(-n2c3ccccc3c3c4ccccc4c4c(sc5ccc6ccccc6c54)c32)nc1. The van der Waals surface area contributed by atoms with Crippen molar-refractivity contribution < 1.29 is 0 Å². The van der Waals surface area contributed by atoms with Crippen LogP contribution < -0.4 is 0 Å². The lowest BCUT2D eigenvalue weighted by Gasteiger charge is -2.09. The highest BCUT2D eigenvalue weighted by molar-refractivity contribution is 7.27. The minimum Gasteiger partial charge on any atom is -0.292 e. The summed E-state index contributed by atoms with van der Waals surface area (Å²) in [5.41, 5.74) is 2.44. The molecule has 158 valence electrons. The van der Waals surface area contributed by atoms with Gasteiger partial charge in [-0.25, -0.2) is 4.98 Å². The van der Waals surface area contributed by atoms with Crippen LogP contribution in [-0.4, -0.2) is 9.55 Å². The maximum absolute atomic E-state index is 4.78. The molecule has 3 heterocycles. The Morgan fingerprint density at radius 3 is 2.09 bits per heavy atom. The molecule has 8 aromatic rings. The summed E-state index contributed by atoms with van der Waals surface area (Å²) in [6.45, 7) is 0. The summed E-state index contributed by atoms with van der Waals surface area (Å²) in [5, 5.41) is 10.5. The van der Waals surface area contributed by atoms with Crippen molar-refractivity contribution in [1.82, 2.24) is 9.55 Å². The molecule has 5 aromatic carbocycles. The van der Waals surface area contributed by atoms with Crippen LogP contribution in [0, 0.1) is 0 Å². The molecule has 0 atom stereocenters. The van der Waals surface area contributed by atoms with Crippen LogP contribution in [0.1, 0.15) is 0 Å². The van der Waals surface area contributed by atoms with Crippen molar-refractivity contribution in [3.8, 4) is 5.82 Å². The number of hydrogen-bond donors (Lipinski definition) is 0. The number of benzene rings is 5. The van der Waals surface area contributed by atoms with Gasteiger partial charge in [-0.1, -0.05) is 78.9 Å². The van der Waals surface area contributed by atoms with Crippen LogP contribution in [0.4, 0.5) is 0 Å². The Hall–Kier alpha value is -4.21. The first-order valence-corrected chi connectivity index (χ1v) is 12.3. The predicted octanol–water partition coefficient (Wildman–Crippen LogP) is 8.85. The standard InChI is InChI=1S/C31H18N2S/c1-2-10-20-19(9-1)16-17-25-28(20)29-22-12-4-3-11-21(22)27-23-13-5-6-14-24(23)33(30(27)31(29)34-25)26-15-7-8-18-32-26/h1-18H. The van der Waals surface area contributed by atoms with E-state index in [9.17, 15) is 0 Å². The van der Waals surface area contributed by atoms with Crippen LogP contribution in [0.3, 0.4) is 0 Å². The number of fused-ring (bicyclic) bond motifs is 12. The fourth-order valence-corrected chi connectivity index (χ4v) is 6.94. The average Bonchev–Trinajstić information content (AvgIpc) is 3.46. The summed E-state index contributed by atoms with van der Waals surface area (Å²) in [5.74, 6) is 0.951. The molecule has 0 unspecified atom stereocenters. The van der Waals surface area contributed by atoms with Crippen molar-refractivity contribution in [2.24, 2.45) is 0 Å². The molecule has 0 N–H and O–H groups in total. The van der Waals surface area contributed by atoms with Crippen LogP contribution >= 0.6 is 11.3 Å². The molecule has 0 saturated heterocycles. The first-order chi connectivity index (χ1) is 16.9. The van der Waals surface area contributed by atoms with Crippen molar-refractivity contribution in [2.75, 3.05) is 0 Å². The van der Waals surface area contributed by atoms with Crippen molar-refractivity contribution in [3.05, 3.63) is 109 Å². The van der Waals surface area contributed by atoms with Gasteiger partial charge < -0.3 is 0 Å². The van der Waals surface area contributed by atoms with Crippen LogP contribution in [0.15, 0.2) is 109 Å². The van der Waals surface area contributed by atoms with Crippen LogP contribution in [0.5, 0.6) is 0 Å². The molecular weight excluding hydrogens is 432 g/mol. The Labute approximate surface area is 199 Å². The first kappa shape index (κ1) is 18.2.